The number of piperidine rings is 1. The number of guanidine groups is 1. The third kappa shape index (κ3) is 2.12. The van der Waals surface area contributed by atoms with Crippen LogP contribution in [0.4, 0.5) is 5.69 Å². The van der Waals surface area contributed by atoms with Crippen molar-refractivity contribution < 1.29 is 0 Å². The van der Waals surface area contributed by atoms with Crippen LogP contribution in [0.25, 0.3) is 0 Å². The van der Waals surface area contributed by atoms with Gasteiger partial charge in [-0.05, 0) is 50.4 Å². The number of halogens is 1. The molecule has 21 heavy (non-hydrogen) atoms. The minimum Gasteiger partial charge on any atom is -0.369 e. The fourth-order valence-electron chi connectivity index (χ4n) is 4.29. The Morgan fingerprint density at radius 3 is 3.10 bits per heavy atom. The molecule has 3 aliphatic heterocycles. The van der Waals surface area contributed by atoms with Gasteiger partial charge in [0.1, 0.15) is 0 Å². The molecular formula is C16H21ClN4. The Bertz CT molecular complexity index is 587. The first-order chi connectivity index (χ1) is 10.2. The van der Waals surface area contributed by atoms with Crippen LogP contribution in [0, 0.1) is 0 Å². The van der Waals surface area contributed by atoms with Crippen LogP contribution in [0.5, 0.6) is 0 Å². The molecule has 4 rings (SSSR count). The van der Waals surface area contributed by atoms with Crippen LogP contribution in [-0.2, 0) is 0 Å². The SMILES string of the molecule is NC1=NCC2(CCN3CCCC3C2)N1c1cccc(Cl)c1. The van der Waals surface area contributed by atoms with E-state index in [4.69, 9.17) is 17.3 Å². The number of nitrogens with two attached hydrogens (primary N) is 1. The van der Waals surface area contributed by atoms with E-state index in [1.165, 1.54) is 19.4 Å². The Balaban J connectivity index is 1.68. The zero-order valence-electron chi connectivity index (χ0n) is 12.1. The molecule has 0 radical (unpaired) electrons. The van der Waals surface area contributed by atoms with Gasteiger partial charge in [-0.15, -0.1) is 0 Å². The van der Waals surface area contributed by atoms with Crippen molar-refractivity contribution in [3.05, 3.63) is 29.3 Å². The molecule has 3 aliphatic rings. The Morgan fingerprint density at radius 1 is 1.33 bits per heavy atom. The summed E-state index contributed by atoms with van der Waals surface area (Å²) < 4.78 is 0. The minimum absolute atomic E-state index is 0.0558. The first kappa shape index (κ1) is 13.4. The number of benzene rings is 1. The van der Waals surface area contributed by atoms with Crippen LogP contribution in [0.2, 0.25) is 5.02 Å². The van der Waals surface area contributed by atoms with E-state index in [1.54, 1.807) is 0 Å². The topological polar surface area (TPSA) is 44.9 Å². The van der Waals surface area contributed by atoms with E-state index in [0.717, 1.165) is 36.6 Å². The van der Waals surface area contributed by atoms with Gasteiger partial charge in [0.05, 0.1) is 12.1 Å². The third-order valence-electron chi connectivity index (χ3n) is 5.28. The lowest BCUT2D eigenvalue weighted by molar-refractivity contribution is 0.140. The normalized spacial score (nSPS) is 32.5. The van der Waals surface area contributed by atoms with E-state index in [0.29, 0.717) is 12.0 Å². The van der Waals surface area contributed by atoms with Crippen molar-refractivity contribution >= 4 is 23.2 Å². The van der Waals surface area contributed by atoms with Crippen molar-refractivity contribution in [3.8, 4) is 0 Å². The van der Waals surface area contributed by atoms with Gasteiger partial charge in [-0.25, -0.2) is 0 Å². The molecule has 3 heterocycles. The lowest BCUT2D eigenvalue weighted by Crippen LogP contribution is -2.59. The Labute approximate surface area is 130 Å². The maximum Gasteiger partial charge on any atom is 0.196 e. The second kappa shape index (κ2) is 4.89. The number of rotatable bonds is 1. The number of fused-ring (bicyclic) bond motifs is 1. The van der Waals surface area contributed by atoms with Crippen molar-refractivity contribution in [2.45, 2.75) is 37.3 Å². The van der Waals surface area contributed by atoms with Crippen molar-refractivity contribution in [2.75, 3.05) is 24.5 Å². The maximum absolute atomic E-state index is 6.22. The summed E-state index contributed by atoms with van der Waals surface area (Å²) in [5, 5.41) is 0.751. The highest BCUT2D eigenvalue weighted by Gasteiger charge is 2.49. The van der Waals surface area contributed by atoms with Crippen LogP contribution >= 0.6 is 11.6 Å². The monoisotopic (exact) mass is 304 g/mol. The van der Waals surface area contributed by atoms with Crippen molar-refractivity contribution in [2.24, 2.45) is 10.7 Å². The van der Waals surface area contributed by atoms with E-state index in [-0.39, 0.29) is 5.54 Å². The predicted molar refractivity (Wildman–Crippen MR) is 87.0 cm³/mol. The van der Waals surface area contributed by atoms with E-state index in [9.17, 15) is 0 Å². The summed E-state index contributed by atoms with van der Waals surface area (Å²) in [5.74, 6) is 0.642. The molecule has 0 aromatic heterocycles. The first-order valence-electron chi connectivity index (χ1n) is 7.78. The molecule has 2 N–H and O–H groups in total. The zero-order chi connectivity index (χ0) is 14.4. The summed E-state index contributed by atoms with van der Waals surface area (Å²) in [5.41, 5.74) is 7.36. The van der Waals surface area contributed by atoms with Crippen LogP contribution in [0.15, 0.2) is 29.3 Å². The number of anilines is 1. The lowest BCUT2D eigenvalue weighted by Gasteiger charge is -2.47. The van der Waals surface area contributed by atoms with Crippen LogP contribution in [0.1, 0.15) is 25.7 Å². The summed E-state index contributed by atoms with van der Waals surface area (Å²) in [6.45, 7) is 3.23. The second-order valence-corrected chi connectivity index (χ2v) is 6.94. The molecule has 1 spiro atoms. The molecule has 2 unspecified atom stereocenters. The standard InChI is InChI=1S/C16H21ClN4/c17-12-3-1-4-13(9-12)21-15(18)19-11-16(21)6-8-20-7-2-5-14(20)10-16/h1,3-4,9,14H,2,5-8,10-11H2,(H2,18,19). The molecule has 0 bridgehead atoms. The van der Waals surface area contributed by atoms with Crippen LogP contribution in [-0.4, -0.2) is 42.1 Å². The first-order valence-corrected chi connectivity index (χ1v) is 8.16. The van der Waals surface area contributed by atoms with Gasteiger partial charge in [0.2, 0.25) is 0 Å². The largest absolute Gasteiger partial charge is 0.369 e. The van der Waals surface area contributed by atoms with Crippen LogP contribution < -0.4 is 10.6 Å². The molecule has 1 aromatic carbocycles. The van der Waals surface area contributed by atoms with E-state index in [1.807, 2.05) is 18.2 Å². The second-order valence-electron chi connectivity index (χ2n) is 6.50. The highest BCUT2D eigenvalue weighted by molar-refractivity contribution is 6.31. The fraction of sp³-hybridized carbons (Fsp3) is 0.562. The average molecular weight is 305 g/mol. The summed E-state index contributed by atoms with van der Waals surface area (Å²) in [6.07, 6.45) is 4.92. The van der Waals surface area contributed by atoms with Gasteiger partial charge < -0.3 is 15.5 Å². The summed E-state index contributed by atoms with van der Waals surface area (Å²) >= 11 is 6.17. The van der Waals surface area contributed by atoms with E-state index >= 15 is 0 Å². The number of hydrogen-bond acceptors (Lipinski definition) is 4. The van der Waals surface area contributed by atoms with Crippen molar-refractivity contribution in [3.63, 3.8) is 0 Å². The van der Waals surface area contributed by atoms with Gasteiger partial charge in [-0.1, -0.05) is 17.7 Å². The molecular weight excluding hydrogens is 284 g/mol. The molecule has 2 fully saturated rings. The fourth-order valence-corrected chi connectivity index (χ4v) is 4.48. The van der Waals surface area contributed by atoms with Gasteiger partial charge in [-0.3, -0.25) is 4.99 Å². The third-order valence-corrected chi connectivity index (χ3v) is 5.52. The summed E-state index contributed by atoms with van der Waals surface area (Å²) in [6, 6.07) is 8.67. The predicted octanol–water partition coefficient (Wildman–Crippen LogP) is 2.47. The minimum atomic E-state index is 0.0558. The highest BCUT2D eigenvalue weighted by Crippen LogP contribution is 2.41. The van der Waals surface area contributed by atoms with E-state index in [2.05, 4.69) is 20.9 Å². The molecule has 5 heteroatoms. The molecule has 2 saturated heterocycles. The van der Waals surface area contributed by atoms with Gasteiger partial charge in [-0.2, -0.15) is 0 Å². The van der Waals surface area contributed by atoms with E-state index < -0.39 is 0 Å². The van der Waals surface area contributed by atoms with Gasteiger partial charge >= 0.3 is 0 Å². The van der Waals surface area contributed by atoms with Crippen molar-refractivity contribution in [1.82, 2.24) is 4.90 Å². The number of aliphatic imine (C=N–C) groups is 1. The molecule has 0 amide bonds. The average Bonchev–Trinajstić information content (AvgIpc) is 3.04. The van der Waals surface area contributed by atoms with Gasteiger partial charge in [0, 0.05) is 23.3 Å². The van der Waals surface area contributed by atoms with Gasteiger partial charge in [0.15, 0.2) is 5.96 Å². The molecule has 0 aliphatic carbocycles. The van der Waals surface area contributed by atoms with Gasteiger partial charge in [0.25, 0.3) is 0 Å². The van der Waals surface area contributed by atoms with Crippen LogP contribution in [0.3, 0.4) is 0 Å². The molecule has 0 saturated carbocycles. The zero-order valence-corrected chi connectivity index (χ0v) is 12.9. The highest BCUT2D eigenvalue weighted by atomic mass is 35.5. The quantitative estimate of drug-likeness (QED) is 0.867. The Hall–Kier alpha value is -1.26. The van der Waals surface area contributed by atoms with Crippen molar-refractivity contribution in [1.29, 1.82) is 0 Å². The summed E-state index contributed by atoms with van der Waals surface area (Å²) in [7, 11) is 0. The lowest BCUT2D eigenvalue weighted by atomic mass is 9.82. The molecule has 112 valence electrons. The summed E-state index contributed by atoms with van der Waals surface area (Å²) in [4.78, 5) is 9.45. The molecule has 4 nitrogen and oxygen atoms in total. The molecule has 2 atom stereocenters. The Morgan fingerprint density at radius 2 is 2.24 bits per heavy atom. The maximum atomic E-state index is 6.22. The number of nitrogens with zero attached hydrogens (tertiary/aromatic N) is 3. The number of hydrogen-bond donors (Lipinski definition) is 1. The Kier molecular flexibility index (Phi) is 3.12. The molecule has 1 aromatic rings. The smallest absolute Gasteiger partial charge is 0.196 e.